The number of hydrogen-bond donors (Lipinski definition) is 1. The quantitative estimate of drug-likeness (QED) is 0.113. The number of aliphatic hydroxyl groups is 1. The largest absolute Gasteiger partial charge is 0.446 e. The minimum absolute atomic E-state index is 0.0192. The van der Waals surface area contributed by atoms with Crippen molar-refractivity contribution in [2.45, 2.75) is 89.9 Å². The van der Waals surface area contributed by atoms with E-state index >= 15 is 0 Å². The van der Waals surface area contributed by atoms with Crippen molar-refractivity contribution in [1.82, 2.24) is 4.90 Å². The molecule has 2 unspecified atom stereocenters. The van der Waals surface area contributed by atoms with Gasteiger partial charge < -0.3 is 14.7 Å². The number of ketones is 1. The van der Waals surface area contributed by atoms with Gasteiger partial charge >= 0.3 is 6.09 Å². The maximum atomic E-state index is 14.8. The van der Waals surface area contributed by atoms with Crippen LogP contribution in [0.25, 0.3) is 0 Å². The number of amides is 2. The monoisotopic (exact) mass is 674 g/mol. The zero-order valence-corrected chi connectivity index (χ0v) is 29.5. The number of Topliss-reactive ketones (excluding diaryl/α,β-unsaturated/α-hetero) is 1. The number of carbonyl (C=O) groups is 3. The summed E-state index contributed by atoms with van der Waals surface area (Å²) < 4.78 is 5.44. The summed E-state index contributed by atoms with van der Waals surface area (Å²) in [4.78, 5) is 46.0. The molecule has 0 spiro atoms. The van der Waals surface area contributed by atoms with Gasteiger partial charge in [-0.1, -0.05) is 137 Å². The van der Waals surface area contributed by atoms with Crippen molar-refractivity contribution in [2.24, 2.45) is 5.92 Å². The molecule has 4 aromatic rings. The van der Waals surface area contributed by atoms with Gasteiger partial charge in [0.2, 0.25) is 5.91 Å². The third-order valence-corrected chi connectivity index (χ3v) is 9.78. The number of cyclic esters (lactones) is 1. The van der Waals surface area contributed by atoms with E-state index in [9.17, 15) is 19.5 Å². The van der Waals surface area contributed by atoms with E-state index in [1.165, 1.54) is 0 Å². The van der Waals surface area contributed by atoms with E-state index in [4.69, 9.17) is 4.74 Å². The zero-order chi connectivity index (χ0) is 35.5. The molecular weight excluding hydrogens is 624 g/mol. The second kappa shape index (κ2) is 17.3. The molecule has 2 amide bonds. The Morgan fingerprint density at radius 1 is 0.820 bits per heavy atom. The molecule has 0 bridgehead atoms. The van der Waals surface area contributed by atoms with E-state index in [1.54, 1.807) is 0 Å². The second-order valence-electron chi connectivity index (χ2n) is 13.5. The summed E-state index contributed by atoms with van der Waals surface area (Å²) in [7, 11) is 0. The summed E-state index contributed by atoms with van der Waals surface area (Å²) in [6, 6.07) is 37.3. The molecule has 1 fully saturated rings. The average Bonchev–Trinajstić information content (AvgIpc) is 3.52. The highest BCUT2D eigenvalue weighted by Gasteiger charge is 2.47. The van der Waals surface area contributed by atoms with E-state index in [2.05, 4.69) is 41.3 Å². The number of hydrogen-bond acceptors (Lipinski definition) is 6. The number of ether oxygens (including phenoxy) is 1. The molecule has 3 atom stereocenters. The molecule has 5 rings (SSSR count). The fraction of sp³-hybridized carbons (Fsp3) is 0.372. The minimum Gasteiger partial charge on any atom is -0.446 e. The fourth-order valence-corrected chi connectivity index (χ4v) is 7.40. The molecule has 0 saturated carbocycles. The fourth-order valence-electron chi connectivity index (χ4n) is 7.40. The van der Waals surface area contributed by atoms with Gasteiger partial charge in [0.15, 0.2) is 0 Å². The number of anilines is 1. The van der Waals surface area contributed by atoms with Crippen LogP contribution in [-0.2, 0) is 27.4 Å². The molecule has 0 aliphatic carbocycles. The van der Waals surface area contributed by atoms with E-state index in [0.29, 0.717) is 45.2 Å². The Kier molecular flexibility index (Phi) is 12.6. The Bertz CT molecular complexity index is 1650. The standard InChI is InChI=1S/C43H50N2O5/c1-4-25-43(49,26-5-2)28-39(46)40(41(47)45-38(31-50-42(45)48)34-21-14-9-15-22-34)37(6-3)35-23-16-24-36(27-35)44(29-32-17-10-7-11-18-32)30-33-19-12-8-13-20-33/h7-24,27,37-38,40,49H,4-6,25-26,28-31H2,1-3H3/t37?,38-,40?/m0/s1. The highest BCUT2D eigenvalue weighted by atomic mass is 16.6. The lowest BCUT2D eigenvalue weighted by Gasteiger charge is -2.33. The molecule has 7 heteroatoms. The maximum absolute atomic E-state index is 14.8. The zero-order valence-electron chi connectivity index (χ0n) is 29.5. The van der Waals surface area contributed by atoms with Crippen LogP contribution in [0.4, 0.5) is 10.5 Å². The van der Waals surface area contributed by atoms with E-state index in [1.807, 2.05) is 99.6 Å². The van der Waals surface area contributed by atoms with Gasteiger partial charge in [0.1, 0.15) is 24.3 Å². The molecule has 7 nitrogen and oxygen atoms in total. The highest BCUT2D eigenvalue weighted by Crippen LogP contribution is 2.39. The first-order chi connectivity index (χ1) is 24.3. The van der Waals surface area contributed by atoms with Crippen LogP contribution < -0.4 is 4.90 Å². The third kappa shape index (κ3) is 8.88. The maximum Gasteiger partial charge on any atom is 0.417 e. The smallest absolute Gasteiger partial charge is 0.417 e. The van der Waals surface area contributed by atoms with Gasteiger partial charge in [-0.3, -0.25) is 9.59 Å². The molecule has 1 N–H and O–H groups in total. The van der Waals surface area contributed by atoms with Crippen LogP contribution in [0.15, 0.2) is 115 Å². The first kappa shape index (κ1) is 36.5. The lowest BCUT2D eigenvalue weighted by atomic mass is 9.76. The van der Waals surface area contributed by atoms with Gasteiger partial charge in [0, 0.05) is 31.1 Å². The van der Waals surface area contributed by atoms with Gasteiger partial charge in [-0.05, 0) is 53.6 Å². The number of imide groups is 1. The molecule has 1 saturated heterocycles. The molecule has 1 heterocycles. The summed E-state index contributed by atoms with van der Waals surface area (Å²) in [5, 5.41) is 11.6. The lowest BCUT2D eigenvalue weighted by Crippen LogP contribution is -2.46. The van der Waals surface area contributed by atoms with Crippen molar-refractivity contribution >= 4 is 23.5 Å². The number of benzene rings is 4. The van der Waals surface area contributed by atoms with Crippen molar-refractivity contribution in [3.8, 4) is 0 Å². The van der Waals surface area contributed by atoms with Gasteiger partial charge in [-0.15, -0.1) is 0 Å². The van der Waals surface area contributed by atoms with Gasteiger partial charge in [-0.2, -0.15) is 0 Å². The van der Waals surface area contributed by atoms with Crippen LogP contribution in [-0.4, -0.2) is 40.0 Å². The van der Waals surface area contributed by atoms with Crippen molar-refractivity contribution in [1.29, 1.82) is 0 Å². The Hall–Kier alpha value is -4.75. The summed E-state index contributed by atoms with van der Waals surface area (Å²) in [6.45, 7) is 7.28. The summed E-state index contributed by atoms with van der Waals surface area (Å²) in [5.41, 5.74) is 3.65. The van der Waals surface area contributed by atoms with Crippen molar-refractivity contribution < 1.29 is 24.2 Å². The first-order valence-corrected chi connectivity index (χ1v) is 18.0. The molecule has 50 heavy (non-hydrogen) atoms. The molecule has 262 valence electrons. The van der Waals surface area contributed by atoms with Gasteiger partial charge in [0.25, 0.3) is 0 Å². The van der Waals surface area contributed by atoms with E-state index < -0.39 is 35.5 Å². The summed E-state index contributed by atoms with van der Waals surface area (Å²) in [5.74, 6) is -2.66. The summed E-state index contributed by atoms with van der Waals surface area (Å²) in [6.07, 6.45) is 1.87. The predicted molar refractivity (Wildman–Crippen MR) is 198 cm³/mol. The molecule has 0 aromatic heterocycles. The Balaban J connectivity index is 1.55. The normalized spacial score (nSPS) is 15.7. The lowest BCUT2D eigenvalue weighted by molar-refractivity contribution is -0.143. The number of nitrogens with zero attached hydrogens (tertiary/aromatic N) is 2. The van der Waals surface area contributed by atoms with Crippen LogP contribution in [0, 0.1) is 5.92 Å². The summed E-state index contributed by atoms with van der Waals surface area (Å²) >= 11 is 0. The van der Waals surface area contributed by atoms with Gasteiger partial charge in [0.05, 0.1) is 5.60 Å². The topological polar surface area (TPSA) is 87.2 Å². The first-order valence-electron chi connectivity index (χ1n) is 18.0. The Morgan fingerprint density at radius 3 is 1.92 bits per heavy atom. The predicted octanol–water partition coefficient (Wildman–Crippen LogP) is 9.01. The average molecular weight is 675 g/mol. The molecule has 0 radical (unpaired) electrons. The van der Waals surface area contributed by atoms with Crippen molar-refractivity contribution in [2.75, 3.05) is 11.5 Å². The molecular formula is C43H50N2O5. The van der Waals surface area contributed by atoms with Crippen LogP contribution in [0.5, 0.6) is 0 Å². The Morgan fingerprint density at radius 2 is 1.38 bits per heavy atom. The SMILES string of the molecule is CCCC(O)(CCC)CC(=O)C(C(=O)N1C(=O)OC[C@H]1c1ccccc1)C(CC)c1cccc(N(Cc2ccccc2)Cc2ccccc2)c1. The molecule has 1 aliphatic heterocycles. The van der Waals surface area contributed by atoms with Crippen LogP contribution in [0.3, 0.4) is 0 Å². The second-order valence-corrected chi connectivity index (χ2v) is 13.5. The van der Waals surface area contributed by atoms with Crippen LogP contribution >= 0.6 is 0 Å². The van der Waals surface area contributed by atoms with Crippen LogP contribution in [0.2, 0.25) is 0 Å². The Labute approximate surface area is 296 Å². The van der Waals surface area contributed by atoms with E-state index in [-0.39, 0.29) is 18.8 Å². The number of rotatable bonds is 17. The molecule has 4 aromatic carbocycles. The highest BCUT2D eigenvalue weighted by molar-refractivity contribution is 6.07. The minimum atomic E-state index is -1.23. The van der Waals surface area contributed by atoms with Crippen molar-refractivity contribution in [3.63, 3.8) is 0 Å². The molecule has 1 aliphatic rings. The number of carbonyl (C=O) groups excluding carboxylic acids is 3. The van der Waals surface area contributed by atoms with E-state index in [0.717, 1.165) is 32.8 Å². The van der Waals surface area contributed by atoms with Crippen molar-refractivity contribution in [3.05, 3.63) is 138 Å². The third-order valence-electron chi connectivity index (χ3n) is 9.78. The van der Waals surface area contributed by atoms with Gasteiger partial charge in [-0.25, -0.2) is 9.69 Å². The van der Waals surface area contributed by atoms with Crippen LogP contribution in [0.1, 0.15) is 93.5 Å².